The van der Waals surface area contributed by atoms with Gasteiger partial charge in [-0.3, -0.25) is 0 Å². The lowest BCUT2D eigenvalue weighted by Gasteiger charge is -2.31. The summed E-state index contributed by atoms with van der Waals surface area (Å²) < 4.78 is 11.0. The van der Waals surface area contributed by atoms with E-state index < -0.39 is 0 Å². The van der Waals surface area contributed by atoms with E-state index in [4.69, 9.17) is 9.47 Å². The second-order valence-electron chi connectivity index (χ2n) is 7.91. The highest BCUT2D eigenvalue weighted by Gasteiger charge is 2.24. The summed E-state index contributed by atoms with van der Waals surface area (Å²) in [6.45, 7) is 4.80. The fourth-order valence-electron chi connectivity index (χ4n) is 4.48. The molecule has 2 heteroatoms. The molecule has 2 aliphatic carbocycles. The molecule has 0 aromatic rings. The predicted molar refractivity (Wildman–Crippen MR) is 97.6 cm³/mol. The minimum Gasteiger partial charge on any atom is -0.384 e. The molecule has 0 unspecified atom stereocenters. The summed E-state index contributed by atoms with van der Waals surface area (Å²) in [6, 6.07) is 0. The molecule has 2 rings (SSSR count). The Morgan fingerprint density at radius 3 is 1.70 bits per heavy atom. The first kappa shape index (κ1) is 19.0. The third-order valence-electron chi connectivity index (χ3n) is 6.12. The molecule has 0 amide bonds. The van der Waals surface area contributed by atoms with Crippen LogP contribution in [0.15, 0.2) is 12.2 Å². The van der Waals surface area contributed by atoms with Crippen molar-refractivity contribution in [2.24, 2.45) is 23.7 Å². The van der Waals surface area contributed by atoms with Crippen LogP contribution in [0.5, 0.6) is 0 Å². The summed E-state index contributed by atoms with van der Waals surface area (Å²) >= 11 is 0. The number of methoxy groups -OCH3 is 1. The van der Waals surface area contributed by atoms with Crippen molar-refractivity contribution in [3.8, 4) is 0 Å². The molecule has 2 fully saturated rings. The average Bonchev–Trinajstić information content (AvgIpc) is 2.59. The Labute approximate surface area is 144 Å². The van der Waals surface area contributed by atoms with Crippen LogP contribution < -0.4 is 0 Å². The molecule has 0 atom stereocenters. The first-order valence-electron chi connectivity index (χ1n) is 9.99. The zero-order chi connectivity index (χ0) is 16.3. The minimum absolute atomic E-state index is 0.794. The summed E-state index contributed by atoms with van der Waals surface area (Å²) in [4.78, 5) is 0. The Bertz CT molecular complexity index is 310. The van der Waals surface area contributed by atoms with Crippen LogP contribution in [-0.4, -0.2) is 26.9 Å². The monoisotopic (exact) mass is 322 g/mol. The van der Waals surface area contributed by atoms with Crippen molar-refractivity contribution in [2.75, 3.05) is 26.9 Å². The predicted octanol–water partition coefficient (Wildman–Crippen LogP) is 5.62. The number of hydrogen-bond acceptors (Lipinski definition) is 2. The molecule has 2 aliphatic rings. The van der Waals surface area contributed by atoms with Gasteiger partial charge in [-0.05, 0) is 56.3 Å². The maximum atomic E-state index is 5.74. The van der Waals surface area contributed by atoms with Crippen molar-refractivity contribution in [2.45, 2.75) is 71.1 Å². The Morgan fingerprint density at radius 2 is 1.22 bits per heavy atom. The van der Waals surface area contributed by atoms with Crippen molar-refractivity contribution >= 4 is 0 Å². The second kappa shape index (κ2) is 11.3. The van der Waals surface area contributed by atoms with Gasteiger partial charge >= 0.3 is 0 Å². The van der Waals surface area contributed by atoms with Crippen molar-refractivity contribution < 1.29 is 9.47 Å². The Kier molecular flexibility index (Phi) is 9.29. The second-order valence-corrected chi connectivity index (χ2v) is 7.91. The third-order valence-corrected chi connectivity index (χ3v) is 6.12. The summed E-state index contributed by atoms with van der Waals surface area (Å²) in [6.07, 6.45) is 18.5. The third kappa shape index (κ3) is 7.39. The van der Waals surface area contributed by atoms with E-state index in [-0.39, 0.29) is 0 Å². The van der Waals surface area contributed by atoms with E-state index in [0.717, 1.165) is 43.5 Å². The van der Waals surface area contributed by atoms with Crippen LogP contribution in [0, 0.1) is 23.7 Å². The van der Waals surface area contributed by atoms with E-state index >= 15 is 0 Å². The fraction of sp³-hybridized carbons (Fsp3) is 0.905. The van der Waals surface area contributed by atoms with Gasteiger partial charge in [0.15, 0.2) is 0 Å². The summed E-state index contributed by atoms with van der Waals surface area (Å²) in [5.74, 6) is 3.67. The average molecular weight is 323 g/mol. The van der Waals surface area contributed by atoms with Gasteiger partial charge in [0.05, 0.1) is 6.61 Å². The van der Waals surface area contributed by atoms with Crippen molar-refractivity contribution in [3.05, 3.63) is 12.2 Å². The Balaban J connectivity index is 1.51. The minimum atomic E-state index is 0.794. The smallest absolute Gasteiger partial charge is 0.0647 e. The zero-order valence-electron chi connectivity index (χ0n) is 15.5. The van der Waals surface area contributed by atoms with E-state index in [9.17, 15) is 0 Å². The molecule has 134 valence electrons. The van der Waals surface area contributed by atoms with Crippen LogP contribution >= 0.6 is 0 Å². The Hall–Kier alpha value is -0.340. The molecular formula is C21H38O2. The molecule has 0 radical (unpaired) electrons. The largest absolute Gasteiger partial charge is 0.384 e. The maximum absolute atomic E-state index is 5.74. The fourth-order valence-corrected chi connectivity index (χ4v) is 4.48. The van der Waals surface area contributed by atoms with Crippen molar-refractivity contribution in [1.82, 2.24) is 0 Å². The van der Waals surface area contributed by atoms with Gasteiger partial charge in [0.25, 0.3) is 0 Å². The van der Waals surface area contributed by atoms with Gasteiger partial charge in [-0.1, -0.05) is 50.7 Å². The van der Waals surface area contributed by atoms with Gasteiger partial charge in [-0.2, -0.15) is 0 Å². The van der Waals surface area contributed by atoms with E-state index in [2.05, 4.69) is 19.1 Å². The van der Waals surface area contributed by atoms with Crippen LogP contribution in [0.25, 0.3) is 0 Å². The van der Waals surface area contributed by atoms with Crippen LogP contribution in [0.3, 0.4) is 0 Å². The quantitative estimate of drug-likeness (QED) is 0.405. The van der Waals surface area contributed by atoms with Gasteiger partial charge in [-0.25, -0.2) is 0 Å². The van der Waals surface area contributed by atoms with E-state index in [0.29, 0.717) is 0 Å². The molecule has 0 spiro atoms. The van der Waals surface area contributed by atoms with Crippen LogP contribution in [0.4, 0.5) is 0 Å². The highest BCUT2D eigenvalue weighted by Crippen LogP contribution is 2.36. The van der Waals surface area contributed by atoms with Crippen molar-refractivity contribution in [1.29, 1.82) is 0 Å². The number of rotatable bonds is 9. The van der Waals surface area contributed by atoms with Crippen LogP contribution in [-0.2, 0) is 9.47 Å². The lowest BCUT2D eigenvalue weighted by Crippen LogP contribution is -2.21. The Morgan fingerprint density at radius 1 is 0.739 bits per heavy atom. The van der Waals surface area contributed by atoms with Gasteiger partial charge in [0, 0.05) is 20.3 Å². The first-order valence-corrected chi connectivity index (χ1v) is 9.99. The topological polar surface area (TPSA) is 18.5 Å². The molecule has 0 bridgehead atoms. The van der Waals surface area contributed by atoms with Gasteiger partial charge in [-0.15, -0.1) is 0 Å². The van der Waals surface area contributed by atoms with Gasteiger partial charge < -0.3 is 9.47 Å². The number of allylic oxidation sites excluding steroid dienone is 1. The highest BCUT2D eigenvalue weighted by molar-refractivity contribution is 4.78. The molecular weight excluding hydrogens is 284 g/mol. The standard InChI is InChI=1S/C21H38O2/c1-3-4-15-23-17-21-13-9-19(10-14-21)6-5-18-7-11-20(12-8-18)16-22-2/h3-4,18-21H,5-17H2,1-2H3/b4-3-. The lowest BCUT2D eigenvalue weighted by molar-refractivity contribution is 0.0919. The van der Waals surface area contributed by atoms with Crippen LogP contribution in [0.1, 0.15) is 71.1 Å². The number of hydrogen-bond donors (Lipinski definition) is 0. The molecule has 0 aromatic heterocycles. The summed E-state index contributed by atoms with van der Waals surface area (Å²) in [5, 5.41) is 0. The maximum Gasteiger partial charge on any atom is 0.0647 e. The van der Waals surface area contributed by atoms with Crippen LogP contribution in [0.2, 0.25) is 0 Å². The number of ether oxygens (including phenoxy) is 2. The molecule has 2 nitrogen and oxygen atoms in total. The first-order chi connectivity index (χ1) is 11.3. The molecule has 0 aliphatic heterocycles. The molecule has 2 saturated carbocycles. The molecule has 0 aromatic carbocycles. The summed E-state index contributed by atoms with van der Waals surface area (Å²) in [7, 11) is 1.84. The van der Waals surface area contributed by atoms with E-state index in [1.54, 1.807) is 0 Å². The normalized spacial score (nSPS) is 32.4. The summed E-state index contributed by atoms with van der Waals surface area (Å²) in [5.41, 5.74) is 0. The highest BCUT2D eigenvalue weighted by atomic mass is 16.5. The molecule has 23 heavy (non-hydrogen) atoms. The van der Waals surface area contributed by atoms with E-state index in [1.165, 1.54) is 64.2 Å². The SMILES string of the molecule is C/C=C\COCC1CCC(CCC2CCC(COC)CC2)CC1. The molecule has 0 heterocycles. The van der Waals surface area contributed by atoms with Crippen molar-refractivity contribution in [3.63, 3.8) is 0 Å². The van der Waals surface area contributed by atoms with E-state index in [1.807, 2.05) is 7.11 Å². The molecule has 0 saturated heterocycles. The lowest BCUT2D eigenvalue weighted by atomic mass is 9.76. The zero-order valence-corrected chi connectivity index (χ0v) is 15.5. The van der Waals surface area contributed by atoms with Gasteiger partial charge in [0.2, 0.25) is 0 Å². The molecule has 0 N–H and O–H groups in total. The van der Waals surface area contributed by atoms with Gasteiger partial charge in [0.1, 0.15) is 0 Å².